The monoisotopic (exact) mass is 375 g/mol. The van der Waals surface area contributed by atoms with Crippen molar-refractivity contribution in [3.63, 3.8) is 0 Å². The summed E-state index contributed by atoms with van der Waals surface area (Å²) in [6, 6.07) is 13.0. The molecule has 142 valence electrons. The first-order chi connectivity index (χ1) is 13.6. The maximum atomic E-state index is 12.8. The highest BCUT2D eigenvalue weighted by atomic mass is 16.2. The maximum absolute atomic E-state index is 12.8. The Kier molecular flexibility index (Phi) is 4.89. The molecule has 0 aliphatic carbocycles. The molecule has 0 atom stereocenters. The number of hydrogen-bond acceptors (Lipinski definition) is 4. The van der Waals surface area contributed by atoms with Crippen LogP contribution in [0.2, 0.25) is 0 Å². The zero-order valence-electron chi connectivity index (χ0n) is 15.6. The molecule has 1 N–H and O–H groups in total. The van der Waals surface area contributed by atoms with Crippen molar-refractivity contribution in [2.75, 3.05) is 26.2 Å². The van der Waals surface area contributed by atoms with Gasteiger partial charge in [0.2, 0.25) is 0 Å². The van der Waals surface area contributed by atoms with Gasteiger partial charge in [-0.15, -0.1) is 0 Å². The van der Waals surface area contributed by atoms with Gasteiger partial charge in [-0.3, -0.25) is 19.7 Å². The zero-order valence-corrected chi connectivity index (χ0v) is 15.6. The van der Waals surface area contributed by atoms with Gasteiger partial charge in [0.1, 0.15) is 5.69 Å². The molecule has 7 heteroatoms. The molecule has 0 unspecified atom stereocenters. The summed E-state index contributed by atoms with van der Waals surface area (Å²) >= 11 is 0. The molecule has 0 bridgehead atoms. The summed E-state index contributed by atoms with van der Waals surface area (Å²) in [5.41, 5.74) is 3.66. The van der Waals surface area contributed by atoms with Crippen molar-refractivity contribution in [2.24, 2.45) is 0 Å². The third-order valence-electron chi connectivity index (χ3n) is 5.00. The largest absolute Gasteiger partial charge is 0.335 e. The fourth-order valence-electron chi connectivity index (χ4n) is 3.36. The van der Waals surface area contributed by atoms with Gasteiger partial charge >= 0.3 is 0 Å². The Hall–Kier alpha value is -3.48. The lowest BCUT2D eigenvalue weighted by Gasteiger charge is -2.34. The molecule has 1 fully saturated rings. The first-order valence-electron chi connectivity index (χ1n) is 9.23. The van der Waals surface area contributed by atoms with Crippen LogP contribution in [-0.4, -0.2) is 63.0 Å². The Balaban J connectivity index is 1.40. The van der Waals surface area contributed by atoms with Gasteiger partial charge in [0, 0.05) is 49.7 Å². The number of pyridine rings is 1. The highest BCUT2D eigenvalue weighted by Gasteiger charge is 2.27. The second kappa shape index (κ2) is 7.64. The highest BCUT2D eigenvalue weighted by Crippen LogP contribution is 2.18. The Bertz CT molecular complexity index is 991. The van der Waals surface area contributed by atoms with Crippen LogP contribution in [0.5, 0.6) is 0 Å². The minimum atomic E-state index is -0.106. The predicted molar refractivity (Wildman–Crippen MR) is 105 cm³/mol. The lowest BCUT2D eigenvalue weighted by Crippen LogP contribution is -2.50. The van der Waals surface area contributed by atoms with E-state index in [9.17, 15) is 9.59 Å². The number of H-pyrrole nitrogens is 1. The normalized spacial score (nSPS) is 14.2. The van der Waals surface area contributed by atoms with Crippen molar-refractivity contribution < 1.29 is 9.59 Å². The third-order valence-corrected chi connectivity index (χ3v) is 5.00. The number of carbonyl (C=O) groups excluding carboxylic acids is 2. The zero-order chi connectivity index (χ0) is 19.5. The van der Waals surface area contributed by atoms with Crippen molar-refractivity contribution in [2.45, 2.75) is 6.92 Å². The molecule has 1 aliphatic heterocycles. The Morgan fingerprint density at radius 1 is 0.964 bits per heavy atom. The lowest BCUT2D eigenvalue weighted by molar-refractivity contribution is 0.0532. The number of piperazine rings is 1. The van der Waals surface area contributed by atoms with Crippen LogP contribution < -0.4 is 0 Å². The molecule has 4 rings (SSSR count). The number of carbonyl (C=O) groups is 2. The second-order valence-corrected chi connectivity index (χ2v) is 6.81. The smallest absolute Gasteiger partial charge is 0.272 e. The van der Waals surface area contributed by atoms with E-state index in [4.69, 9.17) is 0 Å². The van der Waals surface area contributed by atoms with E-state index in [1.54, 1.807) is 28.3 Å². The summed E-state index contributed by atoms with van der Waals surface area (Å²) in [7, 11) is 0. The molecule has 1 aliphatic rings. The molecule has 0 spiro atoms. The summed E-state index contributed by atoms with van der Waals surface area (Å²) < 4.78 is 0. The summed E-state index contributed by atoms with van der Waals surface area (Å²) in [6.07, 6.45) is 3.40. The number of aryl methyl sites for hydroxylation is 1. The van der Waals surface area contributed by atoms with Gasteiger partial charge in [-0.1, -0.05) is 18.2 Å². The molecule has 0 saturated carbocycles. The maximum Gasteiger partial charge on any atom is 0.272 e. The molecule has 0 radical (unpaired) electrons. The lowest BCUT2D eigenvalue weighted by atomic mass is 10.1. The van der Waals surface area contributed by atoms with Crippen LogP contribution in [0.15, 0.2) is 54.9 Å². The fraction of sp³-hybridized carbons (Fsp3) is 0.238. The van der Waals surface area contributed by atoms with Crippen molar-refractivity contribution in [3.05, 3.63) is 71.7 Å². The molecular weight excluding hydrogens is 354 g/mol. The van der Waals surface area contributed by atoms with E-state index in [0.717, 1.165) is 16.7 Å². The van der Waals surface area contributed by atoms with Crippen LogP contribution in [0, 0.1) is 6.92 Å². The van der Waals surface area contributed by atoms with E-state index in [2.05, 4.69) is 15.2 Å². The number of benzene rings is 1. The van der Waals surface area contributed by atoms with E-state index < -0.39 is 0 Å². The van der Waals surface area contributed by atoms with Crippen LogP contribution >= 0.6 is 0 Å². The molecule has 2 amide bonds. The predicted octanol–water partition coefficient (Wildman–Crippen LogP) is 2.38. The average molecular weight is 375 g/mol. The summed E-state index contributed by atoms with van der Waals surface area (Å²) in [4.78, 5) is 33.1. The number of amides is 2. The number of nitrogens with zero attached hydrogens (tertiary/aromatic N) is 4. The number of aromatic amines is 1. The average Bonchev–Trinajstić information content (AvgIpc) is 3.24. The van der Waals surface area contributed by atoms with Crippen LogP contribution in [0.25, 0.3) is 11.3 Å². The van der Waals surface area contributed by atoms with E-state index in [0.29, 0.717) is 37.6 Å². The van der Waals surface area contributed by atoms with Gasteiger partial charge in [0.25, 0.3) is 11.8 Å². The molecule has 1 aromatic carbocycles. The number of rotatable bonds is 3. The first kappa shape index (κ1) is 17.9. The van der Waals surface area contributed by atoms with Gasteiger partial charge in [0.15, 0.2) is 0 Å². The minimum absolute atomic E-state index is 0.0191. The Morgan fingerprint density at radius 3 is 2.36 bits per heavy atom. The van der Waals surface area contributed by atoms with Gasteiger partial charge in [-0.25, -0.2) is 0 Å². The van der Waals surface area contributed by atoms with Crippen LogP contribution in [-0.2, 0) is 0 Å². The minimum Gasteiger partial charge on any atom is -0.335 e. The van der Waals surface area contributed by atoms with E-state index >= 15 is 0 Å². The summed E-state index contributed by atoms with van der Waals surface area (Å²) in [5, 5.41) is 7.04. The SMILES string of the molecule is Cc1ccccc1C(=O)N1CCN(C(=O)c2cc(-c3cccnc3)n[nH]2)CC1. The van der Waals surface area contributed by atoms with Gasteiger partial charge in [0.05, 0.1) is 5.69 Å². The van der Waals surface area contributed by atoms with Crippen LogP contribution in [0.3, 0.4) is 0 Å². The van der Waals surface area contributed by atoms with Crippen molar-refractivity contribution in [3.8, 4) is 11.3 Å². The molecule has 7 nitrogen and oxygen atoms in total. The van der Waals surface area contributed by atoms with Gasteiger partial charge in [-0.2, -0.15) is 5.10 Å². The number of aromatic nitrogens is 3. The molecular formula is C21H21N5O2. The quantitative estimate of drug-likeness (QED) is 0.762. The standard InChI is InChI=1S/C21H21N5O2/c1-15-5-2-3-7-17(15)20(27)25-9-11-26(12-10-25)21(28)19-13-18(23-24-19)16-6-4-8-22-14-16/h2-8,13-14H,9-12H2,1H3,(H,23,24). The van der Waals surface area contributed by atoms with Crippen molar-refractivity contribution in [1.82, 2.24) is 25.0 Å². The first-order valence-corrected chi connectivity index (χ1v) is 9.23. The topological polar surface area (TPSA) is 82.2 Å². The molecule has 3 heterocycles. The Morgan fingerprint density at radius 2 is 1.68 bits per heavy atom. The summed E-state index contributed by atoms with van der Waals surface area (Å²) in [5.74, 6) is -0.0868. The Labute approximate surface area is 163 Å². The number of nitrogens with one attached hydrogen (secondary N) is 1. The van der Waals surface area contributed by atoms with Crippen molar-refractivity contribution >= 4 is 11.8 Å². The van der Waals surface area contributed by atoms with Gasteiger partial charge < -0.3 is 9.80 Å². The fourth-order valence-corrected chi connectivity index (χ4v) is 3.36. The number of hydrogen-bond donors (Lipinski definition) is 1. The summed E-state index contributed by atoms with van der Waals surface area (Å²) in [6.45, 7) is 3.96. The van der Waals surface area contributed by atoms with Crippen LogP contribution in [0.4, 0.5) is 0 Å². The van der Waals surface area contributed by atoms with E-state index in [1.807, 2.05) is 43.3 Å². The molecule has 1 saturated heterocycles. The van der Waals surface area contributed by atoms with E-state index in [1.165, 1.54) is 0 Å². The highest BCUT2D eigenvalue weighted by molar-refractivity contribution is 5.96. The van der Waals surface area contributed by atoms with Crippen molar-refractivity contribution in [1.29, 1.82) is 0 Å². The molecule has 2 aromatic heterocycles. The second-order valence-electron chi connectivity index (χ2n) is 6.81. The third kappa shape index (κ3) is 3.51. The van der Waals surface area contributed by atoms with E-state index in [-0.39, 0.29) is 11.8 Å². The molecule has 28 heavy (non-hydrogen) atoms. The van der Waals surface area contributed by atoms with Crippen LogP contribution in [0.1, 0.15) is 26.4 Å². The molecule has 3 aromatic rings. The van der Waals surface area contributed by atoms with Gasteiger partial charge in [-0.05, 0) is 36.8 Å².